The van der Waals surface area contributed by atoms with E-state index in [9.17, 15) is 0 Å². The summed E-state index contributed by atoms with van der Waals surface area (Å²) < 4.78 is 2.42. The van der Waals surface area contributed by atoms with Gasteiger partial charge in [-0.25, -0.2) is 4.57 Å². The minimum absolute atomic E-state index is 0.0442. The van der Waals surface area contributed by atoms with Crippen molar-refractivity contribution in [2.75, 3.05) is 0 Å². The zero-order valence-electron chi connectivity index (χ0n) is 21.3. The van der Waals surface area contributed by atoms with E-state index < -0.39 is 0 Å². The molecule has 2 aromatic heterocycles. The van der Waals surface area contributed by atoms with Gasteiger partial charge in [0.05, 0.1) is 10.9 Å². The smallest absolute Gasteiger partial charge is 0.217 e. The third-order valence-electron chi connectivity index (χ3n) is 11.2. The van der Waals surface area contributed by atoms with E-state index in [0.29, 0.717) is 23.7 Å². The molecule has 0 N–H and O–H groups in total. The summed E-state index contributed by atoms with van der Waals surface area (Å²) in [5, 5.41) is 2.66. The molecule has 37 heavy (non-hydrogen) atoms. The number of benzene rings is 3. The van der Waals surface area contributed by atoms with Crippen LogP contribution in [0, 0.1) is 23.7 Å². The molecular formula is C35H31N2+. The molecule has 2 heteroatoms. The minimum atomic E-state index is 0.0442. The maximum atomic E-state index is 5.25. The largest absolute Gasteiger partial charge is 0.256 e. The molecule has 0 spiro atoms. The molecular weight excluding hydrogens is 448 g/mol. The summed E-state index contributed by atoms with van der Waals surface area (Å²) in [5.41, 5.74) is 9.02. The van der Waals surface area contributed by atoms with Gasteiger partial charge in [0, 0.05) is 39.6 Å². The lowest BCUT2D eigenvalue weighted by Crippen LogP contribution is -2.63. The Hall–Kier alpha value is -3.52. The van der Waals surface area contributed by atoms with Crippen molar-refractivity contribution in [3.8, 4) is 0 Å². The molecule has 3 saturated carbocycles. The minimum Gasteiger partial charge on any atom is -0.256 e. The number of aromatic nitrogens is 2. The van der Waals surface area contributed by atoms with Gasteiger partial charge in [0.15, 0.2) is 6.20 Å². The summed E-state index contributed by atoms with van der Waals surface area (Å²) in [6, 6.07) is 32.3. The molecule has 6 bridgehead atoms. The Labute approximate surface area is 218 Å². The summed E-state index contributed by atoms with van der Waals surface area (Å²) in [6.45, 7) is 0. The molecule has 5 aliphatic rings. The molecule has 180 valence electrons. The Kier molecular flexibility index (Phi) is 3.81. The first-order chi connectivity index (χ1) is 18.3. The zero-order chi connectivity index (χ0) is 24.4. The van der Waals surface area contributed by atoms with Gasteiger partial charge in [0.25, 0.3) is 0 Å². The summed E-state index contributed by atoms with van der Waals surface area (Å²) >= 11 is 0. The van der Waals surface area contributed by atoms with Crippen LogP contribution >= 0.6 is 0 Å². The summed E-state index contributed by atoms with van der Waals surface area (Å²) in [5.74, 6) is 2.64. The Bertz CT molecular complexity index is 1700. The van der Waals surface area contributed by atoms with Crippen molar-refractivity contribution in [1.82, 2.24) is 4.98 Å². The highest BCUT2D eigenvalue weighted by Gasteiger charge is 2.77. The Morgan fingerprint density at radius 2 is 1.16 bits per heavy atom. The van der Waals surface area contributed by atoms with Gasteiger partial charge in [-0.15, -0.1) is 0 Å². The average Bonchev–Trinajstić information content (AvgIpc) is 3.47. The second-order valence-electron chi connectivity index (χ2n) is 12.1. The summed E-state index contributed by atoms with van der Waals surface area (Å²) in [4.78, 5) is 5.25. The highest BCUT2D eigenvalue weighted by atomic mass is 14.9. The molecule has 4 atom stereocenters. The van der Waals surface area contributed by atoms with Crippen molar-refractivity contribution in [3.63, 3.8) is 0 Å². The standard InChI is InChI=1S/C35H31N2/c1-37-21-9-15-25-24-14-8-20-36-32(24)30-31(33(25)37)35(23-12-6-3-7-13-23)28-18-19-29(35)27-17-16-26(28)34(27,30)22-10-4-2-5-11-22/h2-15,20-21,26-29H,16-19H2,1H3/q+1. The number of nitrogens with zero attached hydrogens (tertiary/aromatic N) is 2. The summed E-state index contributed by atoms with van der Waals surface area (Å²) in [6.07, 6.45) is 9.64. The number of pyridine rings is 2. The van der Waals surface area contributed by atoms with Crippen LogP contribution in [0.25, 0.3) is 21.8 Å². The molecule has 4 unspecified atom stereocenters. The second-order valence-corrected chi connectivity index (χ2v) is 12.1. The Balaban J connectivity index is 1.59. The van der Waals surface area contributed by atoms with Crippen LogP contribution in [0.5, 0.6) is 0 Å². The number of fused-ring (bicyclic) bond motifs is 3. The van der Waals surface area contributed by atoms with Crippen molar-refractivity contribution in [1.29, 1.82) is 0 Å². The van der Waals surface area contributed by atoms with E-state index in [1.54, 1.807) is 16.7 Å². The van der Waals surface area contributed by atoms with Gasteiger partial charge in [-0.1, -0.05) is 66.7 Å². The fraction of sp³-hybridized carbons (Fsp3) is 0.314. The van der Waals surface area contributed by atoms with E-state index in [-0.39, 0.29) is 10.8 Å². The van der Waals surface area contributed by atoms with Gasteiger partial charge in [-0.05, 0) is 72.6 Å². The van der Waals surface area contributed by atoms with Gasteiger partial charge >= 0.3 is 0 Å². The predicted molar refractivity (Wildman–Crippen MR) is 147 cm³/mol. The molecule has 0 radical (unpaired) electrons. The van der Waals surface area contributed by atoms with Gasteiger partial charge in [-0.3, -0.25) is 4.98 Å². The molecule has 10 rings (SSSR count). The topological polar surface area (TPSA) is 16.8 Å². The van der Waals surface area contributed by atoms with Gasteiger partial charge < -0.3 is 0 Å². The first-order valence-electron chi connectivity index (χ1n) is 14.1. The van der Waals surface area contributed by atoms with E-state index in [0.717, 1.165) is 0 Å². The zero-order valence-corrected chi connectivity index (χ0v) is 21.3. The SMILES string of the molecule is C[n+]1cccc2c3cccnc3c3c(c21)C1(c2ccccc2)C2CCC1C1CCC2C31c1ccccc1. The third kappa shape index (κ3) is 2.11. The lowest BCUT2D eigenvalue weighted by atomic mass is 9.38. The van der Waals surface area contributed by atoms with Crippen molar-refractivity contribution in [3.05, 3.63) is 120 Å². The van der Waals surface area contributed by atoms with E-state index in [1.807, 2.05) is 6.20 Å². The third-order valence-corrected chi connectivity index (χ3v) is 11.2. The fourth-order valence-corrected chi connectivity index (χ4v) is 10.6. The highest BCUT2D eigenvalue weighted by molar-refractivity contribution is 6.09. The van der Waals surface area contributed by atoms with Gasteiger partial charge in [0.1, 0.15) is 7.05 Å². The van der Waals surface area contributed by atoms with E-state index >= 15 is 0 Å². The lowest BCUT2D eigenvalue weighted by molar-refractivity contribution is -0.645. The molecule has 2 heterocycles. The van der Waals surface area contributed by atoms with Crippen molar-refractivity contribution in [2.24, 2.45) is 30.7 Å². The average molecular weight is 480 g/mol. The molecule has 3 aromatic carbocycles. The number of hydrogen-bond donors (Lipinski definition) is 0. The molecule has 5 aliphatic carbocycles. The normalized spacial score (nSPS) is 32.8. The predicted octanol–water partition coefficient (Wildman–Crippen LogP) is 6.86. The maximum Gasteiger partial charge on any atom is 0.217 e. The van der Waals surface area contributed by atoms with Crippen LogP contribution < -0.4 is 4.57 Å². The van der Waals surface area contributed by atoms with Gasteiger partial charge in [0.2, 0.25) is 5.52 Å². The van der Waals surface area contributed by atoms with Crippen LogP contribution in [-0.2, 0) is 17.9 Å². The highest BCUT2D eigenvalue weighted by Crippen LogP contribution is 2.80. The number of aryl methyl sites for hydroxylation is 1. The quantitative estimate of drug-likeness (QED) is 0.200. The van der Waals surface area contributed by atoms with Crippen LogP contribution in [0.4, 0.5) is 0 Å². The summed E-state index contributed by atoms with van der Waals surface area (Å²) in [7, 11) is 2.26. The Morgan fingerprint density at radius 3 is 1.76 bits per heavy atom. The molecule has 0 amide bonds. The van der Waals surface area contributed by atoms with E-state index in [1.165, 1.54) is 53.1 Å². The molecule has 0 saturated heterocycles. The molecule has 3 fully saturated rings. The monoisotopic (exact) mass is 479 g/mol. The van der Waals surface area contributed by atoms with Crippen LogP contribution in [0.3, 0.4) is 0 Å². The number of rotatable bonds is 2. The molecule has 0 aliphatic heterocycles. The number of hydrogen-bond acceptors (Lipinski definition) is 1. The van der Waals surface area contributed by atoms with E-state index in [2.05, 4.69) is 103 Å². The Morgan fingerprint density at radius 1 is 0.622 bits per heavy atom. The van der Waals surface area contributed by atoms with E-state index in [4.69, 9.17) is 4.98 Å². The second kappa shape index (κ2) is 6.86. The van der Waals surface area contributed by atoms with Crippen LogP contribution in [0.2, 0.25) is 0 Å². The van der Waals surface area contributed by atoms with Crippen molar-refractivity contribution < 1.29 is 4.57 Å². The first-order valence-corrected chi connectivity index (χ1v) is 14.1. The van der Waals surface area contributed by atoms with Crippen molar-refractivity contribution >= 4 is 21.8 Å². The van der Waals surface area contributed by atoms with Crippen LogP contribution in [0.1, 0.15) is 47.9 Å². The maximum absolute atomic E-state index is 5.25. The van der Waals surface area contributed by atoms with Crippen LogP contribution in [0.15, 0.2) is 97.3 Å². The lowest BCUT2D eigenvalue weighted by Gasteiger charge is -2.63. The molecule has 2 nitrogen and oxygen atoms in total. The van der Waals surface area contributed by atoms with Gasteiger partial charge in [-0.2, -0.15) is 0 Å². The van der Waals surface area contributed by atoms with Crippen molar-refractivity contribution in [2.45, 2.75) is 36.5 Å². The fourth-order valence-electron chi connectivity index (χ4n) is 10.6. The first kappa shape index (κ1) is 20.5. The van der Waals surface area contributed by atoms with Crippen LogP contribution in [-0.4, -0.2) is 4.98 Å². The molecule has 5 aromatic rings.